The number of hydrogen-bond acceptors (Lipinski definition) is 7. The summed E-state index contributed by atoms with van der Waals surface area (Å²) in [7, 11) is -3.47. The third-order valence-electron chi connectivity index (χ3n) is 4.71. The van der Waals surface area contributed by atoms with Crippen LogP contribution in [-0.2, 0) is 16.7 Å². The zero-order valence-electron chi connectivity index (χ0n) is 16.6. The molecule has 28 heavy (non-hydrogen) atoms. The Morgan fingerprint density at radius 1 is 1.18 bits per heavy atom. The predicted octanol–water partition coefficient (Wildman–Crippen LogP) is 3.04. The van der Waals surface area contributed by atoms with Crippen LogP contribution in [0.25, 0.3) is 0 Å². The van der Waals surface area contributed by atoms with E-state index >= 15 is 0 Å². The van der Waals surface area contributed by atoms with Gasteiger partial charge >= 0.3 is 0 Å². The third kappa shape index (κ3) is 4.80. The maximum absolute atomic E-state index is 12.9. The number of rotatable bonds is 6. The van der Waals surface area contributed by atoms with Crippen LogP contribution >= 0.6 is 23.6 Å². The number of aryl methyl sites for hydroxylation is 2. The molecule has 1 fully saturated rings. The maximum atomic E-state index is 12.9. The fraction of sp³-hybridized carbons (Fsp3) is 0.556. The molecule has 1 aliphatic rings. The van der Waals surface area contributed by atoms with E-state index in [2.05, 4.69) is 10.00 Å². The average molecular weight is 443 g/mol. The Morgan fingerprint density at radius 3 is 2.46 bits per heavy atom. The summed E-state index contributed by atoms with van der Waals surface area (Å²) in [5.41, 5.74) is 2.07. The zero-order valence-corrected chi connectivity index (χ0v) is 19.0. The van der Waals surface area contributed by atoms with Gasteiger partial charge < -0.3 is 4.74 Å². The van der Waals surface area contributed by atoms with E-state index < -0.39 is 10.0 Å². The molecule has 154 valence electrons. The van der Waals surface area contributed by atoms with Crippen molar-refractivity contribution >= 4 is 33.6 Å². The number of hydrogen-bond donors (Lipinski definition) is 0. The number of nitrogens with zero attached hydrogens (tertiary/aromatic N) is 4. The second kappa shape index (κ2) is 8.58. The molecule has 0 amide bonds. The van der Waals surface area contributed by atoms with E-state index in [-0.39, 0.29) is 6.10 Å². The van der Waals surface area contributed by atoms with Gasteiger partial charge in [-0.25, -0.2) is 13.1 Å². The lowest BCUT2D eigenvalue weighted by Crippen LogP contribution is -2.48. The first kappa shape index (κ1) is 21.4. The third-order valence-corrected chi connectivity index (χ3v) is 7.80. The Morgan fingerprint density at radius 2 is 1.86 bits per heavy atom. The molecule has 1 aliphatic heterocycles. The van der Waals surface area contributed by atoms with Gasteiger partial charge in [0.2, 0.25) is 10.0 Å². The summed E-state index contributed by atoms with van der Waals surface area (Å²) in [6.07, 6.45) is 0.0492. The molecule has 0 bridgehead atoms. The number of aromatic nitrogens is 2. The second-order valence-electron chi connectivity index (χ2n) is 7.21. The lowest BCUT2D eigenvalue weighted by Gasteiger charge is -2.33. The fourth-order valence-electron chi connectivity index (χ4n) is 2.95. The number of sulfonamides is 1. The molecule has 0 atom stereocenters. The maximum Gasteiger partial charge on any atom is 0.293 e. The average Bonchev–Trinajstić information content (AvgIpc) is 2.96. The van der Waals surface area contributed by atoms with E-state index in [1.165, 1.54) is 11.3 Å². The summed E-state index contributed by atoms with van der Waals surface area (Å²) < 4.78 is 35.4. The van der Waals surface area contributed by atoms with Gasteiger partial charge in [0.15, 0.2) is 3.95 Å². The van der Waals surface area contributed by atoms with Crippen molar-refractivity contribution < 1.29 is 13.2 Å². The van der Waals surface area contributed by atoms with Crippen LogP contribution in [0.1, 0.15) is 25.0 Å². The number of ether oxygens (including phenoxy) is 1. The van der Waals surface area contributed by atoms with Gasteiger partial charge in [0.05, 0.1) is 17.7 Å². The number of benzene rings is 1. The Kier molecular flexibility index (Phi) is 6.55. The summed E-state index contributed by atoms with van der Waals surface area (Å²) in [4.78, 5) is 2.52. The van der Waals surface area contributed by atoms with Crippen LogP contribution < -0.4 is 4.74 Å². The van der Waals surface area contributed by atoms with Gasteiger partial charge in [-0.1, -0.05) is 6.07 Å². The first-order chi connectivity index (χ1) is 13.2. The predicted molar refractivity (Wildman–Crippen MR) is 113 cm³/mol. The van der Waals surface area contributed by atoms with Crippen molar-refractivity contribution in [2.75, 3.05) is 26.2 Å². The number of piperazine rings is 1. The van der Waals surface area contributed by atoms with Gasteiger partial charge in [-0.05, 0) is 74.5 Å². The van der Waals surface area contributed by atoms with Crippen LogP contribution in [0.5, 0.6) is 5.19 Å². The minimum atomic E-state index is -3.47. The standard InChI is InChI=1S/C18H26N4O3S3/c1-13(2)25-17-19-22(18(26)27-17)12-20-7-9-21(10-8-20)28(23,24)16-6-5-14(3)15(4)11-16/h5-6,11,13H,7-10,12H2,1-4H3. The van der Waals surface area contributed by atoms with Crippen LogP contribution in [0.3, 0.4) is 0 Å². The highest BCUT2D eigenvalue weighted by molar-refractivity contribution is 7.89. The molecule has 0 unspecified atom stereocenters. The zero-order chi connectivity index (χ0) is 20.5. The quantitative estimate of drug-likeness (QED) is 0.641. The molecule has 2 heterocycles. The molecule has 0 saturated carbocycles. The van der Waals surface area contributed by atoms with Crippen molar-refractivity contribution in [2.45, 2.75) is 45.4 Å². The molecule has 1 saturated heterocycles. The van der Waals surface area contributed by atoms with Crippen LogP contribution in [-0.4, -0.2) is 59.7 Å². The fourth-order valence-corrected chi connectivity index (χ4v) is 5.50. The molecule has 3 rings (SSSR count). The lowest BCUT2D eigenvalue weighted by molar-refractivity contribution is 0.142. The molecule has 0 N–H and O–H groups in total. The molecular formula is C18H26N4O3S3. The molecule has 0 aliphatic carbocycles. The molecule has 10 heteroatoms. The van der Waals surface area contributed by atoms with E-state index in [1.54, 1.807) is 21.1 Å². The van der Waals surface area contributed by atoms with E-state index in [0.717, 1.165) is 11.1 Å². The monoisotopic (exact) mass is 442 g/mol. The van der Waals surface area contributed by atoms with Gasteiger partial charge in [-0.2, -0.15) is 4.31 Å². The van der Waals surface area contributed by atoms with Crippen molar-refractivity contribution in [3.63, 3.8) is 0 Å². The highest BCUT2D eigenvalue weighted by Gasteiger charge is 2.29. The second-order valence-corrected chi connectivity index (χ2v) is 10.7. The minimum absolute atomic E-state index is 0.0492. The van der Waals surface area contributed by atoms with E-state index in [0.29, 0.717) is 46.9 Å². The Hall–Kier alpha value is -1.33. The van der Waals surface area contributed by atoms with Crippen LogP contribution in [0.4, 0.5) is 0 Å². The minimum Gasteiger partial charge on any atom is -0.466 e. The summed E-state index contributed by atoms with van der Waals surface area (Å²) in [5, 5.41) is 4.98. The normalized spacial score (nSPS) is 16.6. The molecule has 1 aromatic heterocycles. The van der Waals surface area contributed by atoms with Gasteiger partial charge in [0, 0.05) is 26.2 Å². The Labute approximate surface area is 175 Å². The Bertz CT molecular complexity index is 990. The largest absolute Gasteiger partial charge is 0.466 e. The first-order valence-corrected chi connectivity index (χ1v) is 11.9. The van der Waals surface area contributed by atoms with Crippen molar-refractivity contribution in [1.82, 2.24) is 19.0 Å². The van der Waals surface area contributed by atoms with Crippen molar-refractivity contribution in [1.29, 1.82) is 0 Å². The smallest absolute Gasteiger partial charge is 0.293 e. The van der Waals surface area contributed by atoms with Gasteiger partial charge in [0.25, 0.3) is 5.19 Å². The molecule has 0 spiro atoms. The van der Waals surface area contributed by atoms with Gasteiger partial charge in [-0.3, -0.25) is 4.90 Å². The first-order valence-electron chi connectivity index (χ1n) is 9.21. The van der Waals surface area contributed by atoms with Gasteiger partial charge in [-0.15, -0.1) is 5.10 Å². The summed E-state index contributed by atoms with van der Waals surface area (Å²) >= 11 is 6.72. The highest BCUT2D eigenvalue weighted by Crippen LogP contribution is 2.22. The van der Waals surface area contributed by atoms with Crippen molar-refractivity contribution in [2.24, 2.45) is 0 Å². The van der Waals surface area contributed by atoms with E-state index in [9.17, 15) is 8.42 Å². The van der Waals surface area contributed by atoms with Gasteiger partial charge in [0.1, 0.15) is 0 Å². The van der Waals surface area contributed by atoms with Crippen molar-refractivity contribution in [3.8, 4) is 5.19 Å². The molecule has 7 nitrogen and oxygen atoms in total. The molecule has 2 aromatic rings. The van der Waals surface area contributed by atoms with Crippen LogP contribution in [0.15, 0.2) is 23.1 Å². The highest BCUT2D eigenvalue weighted by atomic mass is 32.2. The Balaban J connectivity index is 1.63. The van der Waals surface area contributed by atoms with Crippen molar-refractivity contribution in [3.05, 3.63) is 33.3 Å². The molecule has 0 radical (unpaired) electrons. The SMILES string of the molecule is Cc1ccc(S(=O)(=O)N2CCN(Cn3nc(OC(C)C)sc3=S)CC2)cc1C. The summed E-state index contributed by atoms with van der Waals surface area (Å²) in [6.45, 7) is 10.5. The molecule has 1 aromatic carbocycles. The lowest BCUT2D eigenvalue weighted by atomic mass is 10.1. The molecular weight excluding hydrogens is 416 g/mol. The van der Waals surface area contributed by atoms with Crippen LogP contribution in [0.2, 0.25) is 0 Å². The summed E-state index contributed by atoms with van der Waals surface area (Å²) in [6, 6.07) is 5.30. The van der Waals surface area contributed by atoms with Crippen LogP contribution in [0, 0.1) is 17.8 Å². The van der Waals surface area contributed by atoms with E-state index in [4.69, 9.17) is 17.0 Å². The van der Waals surface area contributed by atoms with E-state index in [1.807, 2.05) is 33.8 Å². The summed E-state index contributed by atoms with van der Waals surface area (Å²) in [5.74, 6) is 0. The topological polar surface area (TPSA) is 67.7 Å².